The first-order chi connectivity index (χ1) is 10.9. The van der Waals surface area contributed by atoms with Gasteiger partial charge in [-0.1, -0.05) is 30.3 Å². The molecular weight excluding hydrogens is 334 g/mol. The SMILES string of the molecule is O=C(CCNC(=S)NCc1ccccc1)NC1CCS(=O)(=O)C1. The van der Waals surface area contributed by atoms with Crippen molar-refractivity contribution in [3.63, 3.8) is 0 Å². The van der Waals surface area contributed by atoms with E-state index in [2.05, 4.69) is 16.0 Å². The first kappa shape index (κ1) is 17.7. The third-order valence-corrected chi connectivity index (χ3v) is 5.59. The van der Waals surface area contributed by atoms with Gasteiger partial charge in [0.05, 0.1) is 11.5 Å². The monoisotopic (exact) mass is 355 g/mol. The van der Waals surface area contributed by atoms with Crippen LogP contribution in [0.3, 0.4) is 0 Å². The molecule has 2 rings (SSSR count). The molecule has 1 unspecified atom stereocenters. The summed E-state index contributed by atoms with van der Waals surface area (Å²) < 4.78 is 22.7. The highest BCUT2D eigenvalue weighted by atomic mass is 32.2. The summed E-state index contributed by atoms with van der Waals surface area (Å²) in [6.45, 7) is 1.03. The molecule has 8 heteroatoms. The lowest BCUT2D eigenvalue weighted by Gasteiger charge is -2.12. The molecule has 0 aliphatic carbocycles. The Kier molecular flexibility index (Phi) is 6.35. The zero-order valence-electron chi connectivity index (χ0n) is 12.7. The van der Waals surface area contributed by atoms with Crippen molar-refractivity contribution >= 4 is 33.1 Å². The van der Waals surface area contributed by atoms with Crippen molar-refractivity contribution < 1.29 is 13.2 Å². The van der Waals surface area contributed by atoms with E-state index in [1.807, 2.05) is 30.3 Å². The second-order valence-corrected chi connectivity index (χ2v) is 8.15. The van der Waals surface area contributed by atoms with Crippen LogP contribution in [0.2, 0.25) is 0 Å². The van der Waals surface area contributed by atoms with Crippen LogP contribution in [0.15, 0.2) is 30.3 Å². The Hall–Kier alpha value is -1.67. The Morgan fingerprint density at radius 3 is 2.61 bits per heavy atom. The fourth-order valence-corrected chi connectivity index (χ4v) is 4.19. The molecule has 0 aromatic heterocycles. The number of rotatable bonds is 6. The van der Waals surface area contributed by atoms with Crippen molar-refractivity contribution in [2.75, 3.05) is 18.1 Å². The van der Waals surface area contributed by atoms with Gasteiger partial charge in [0, 0.05) is 25.6 Å². The number of nitrogens with one attached hydrogen (secondary N) is 3. The van der Waals surface area contributed by atoms with Gasteiger partial charge in [-0.3, -0.25) is 4.79 Å². The molecule has 0 radical (unpaired) electrons. The summed E-state index contributed by atoms with van der Waals surface area (Å²) in [5.41, 5.74) is 1.12. The minimum atomic E-state index is -2.97. The fraction of sp³-hybridized carbons (Fsp3) is 0.467. The number of amides is 1. The van der Waals surface area contributed by atoms with Gasteiger partial charge >= 0.3 is 0 Å². The largest absolute Gasteiger partial charge is 0.362 e. The molecule has 126 valence electrons. The average molecular weight is 355 g/mol. The molecule has 3 N–H and O–H groups in total. The molecule has 1 heterocycles. The lowest BCUT2D eigenvalue weighted by Crippen LogP contribution is -2.40. The summed E-state index contributed by atoms with van der Waals surface area (Å²) in [5, 5.41) is 9.27. The molecule has 1 aromatic carbocycles. The number of hydrogen-bond acceptors (Lipinski definition) is 4. The van der Waals surface area contributed by atoms with Gasteiger partial charge in [0.2, 0.25) is 5.91 Å². The van der Waals surface area contributed by atoms with E-state index in [-0.39, 0.29) is 29.9 Å². The number of sulfone groups is 1. The van der Waals surface area contributed by atoms with Gasteiger partial charge in [-0.2, -0.15) is 0 Å². The zero-order valence-corrected chi connectivity index (χ0v) is 14.4. The summed E-state index contributed by atoms with van der Waals surface area (Å²) in [4.78, 5) is 11.8. The minimum Gasteiger partial charge on any atom is -0.362 e. The van der Waals surface area contributed by atoms with Crippen LogP contribution in [0.25, 0.3) is 0 Å². The third kappa shape index (κ3) is 6.54. The van der Waals surface area contributed by atoms with Crippen LogP contribution in [0, 0.1) is 0 Å². The molecule has 1 amide bonds. The zero-order chi connectivity index (χ0) is 16.7. The second kappa shape index (κ2) is 8.26. The Morgan fingerprint density at radius 1 is 1.22 bits per heavy atom. The molecule has 1 aromatic rings. The van der Waals surface area contributed by atoms with Crippen LogP contribution >= 0.6 is 12.2 Å². The van der Waals surface area contributed by atoms with Crippen molar-refractivity contribution in [1.82, 2.24) is 16.0 Å². The van der Waals surface area contributed by atoms with E-state index in [0.29, 0.717) is 24.6 Å². The average Bonchev–Trinajstić information content (AvgIpc) is 2.85. The van der Waals surface area contributed by atoms with Crippen LogP contribution in [0.1, 0.15) is 18.4 Å². The van der Waals surface area contributed by atoms with Gasteiger partial charge in [0.1, 0.15) is 0 Å². The lowest BCUT2D eigenvalue weighted by atomic mass is 10.2. The van der Waals surface area contributed by atoms with Crippen LogP contribution < -0.4 is 16.0 Å². The Morgan fingerprint density at radius 2 is 1.96 bits per heavy atom. The van der Waals surface area contributed by atoms with Gasteiger partial charge < -0.3 is 16.0 Å². The summed E-state index contributed by atoms with van der Waals surface area (Å²) in [7, 11) is -2.97. The molecule has 1 aliphatic heterocycles. The maximum absolute atomic E-state index is 11.8. The molecule has 0 saturated carbocycles. The van der Waals surface area contributed by atoms with Crippen molar-refractivity contribution in [2.24, 2.45) is 0 Å². The topological polar surface area (TPSA) is 87.3 Å². The minimum absolute atomic E-state index is 0.0449. The van der Waals surface area contributed by atoms with Crippen LogP contribution in [0.5, 0.6) is 0 Å². The Labute approximate surface area is 142 Å². The fourth-order valence-electron chi connectivity index (χ4n) is 2.34. The summed E-state index contributed by atoms with van der Waals surface area (Å²) >= 11 is 5.15. The highest BCUT2D eigenvalue weighted by Gasteiger charge is 2.28. The van der Waals surface area contributed by atoms with Gasteiger partial charge in [-0.25, -0.2) is 8.42 Å². The highest BCUT2D eigenvalue weighted by Crippen LogP contribution is 2.11. The van der Waals surface area contributed by atoms with Crippen LogP contribution in [0.4, 0.5) is 0 Å². The molecular formula is C15H21N3O3S2. The van der Waals surface area contributed by atoms with Crippen LogP contribution in [-0.4, -0.2) is 43.5 Å². The normalized spacial score (nSPS) is 19.0. The smallest absolute Gasteiger partial charge is 0.222 e. The van der Waals surface area contributed by atoms with E-state index in [1.165, 1.54) is 0 Å². The van der Waals surface area contributed by atoms with E-state index >= 15 is 0 Å². The number of carbonyl (C=O) groups excluding carboxylic acids is 1. The predicted molar refractivity (Wildman–Crippen MR) is 93.7 cm³/mol. The Bertz CT molecular complexity index is 647. The van der Waals surface area contributed by atoms with Crippen LogP contribution in [-0.2, 0) is 21.2 Å². The van der Waals surface area contributed by atoms with Gasteiger partial charge in [-0.05, 0) is 24.2 Å². The molecule has 0 bridgehead atoms. The number of benzene rings is 1. The van der Waals surface area contributed by atoms with Gasteiger partial charge in [0.25, 0.3) is 0 Å². The molecule has 1 fully saturated rings. The van der Waals surface area contributed by atoms with Gasteiger partial charge in [0.15, 0.2) is 14.9 Å². The lowest BCUT2D eigenvalue weighted by molar-refractivity contribution is -0.121. The highest BCUT2D eigenvalue weighted by molar-refractivity contribution is 7.91. The predicted octanol–water partition coefficient (Wildman–Crippen LogP) is 0.344. The van der Waals surface area contributed by atoms with E-state index in [0.717, 1.165) is 5.56 Å². The maximum atomic E-state index is 11.8. The van der Waals surface area contributed by atoms with Crippen molar-refractivity contribution in [1.29, 1.82) is 0 Å². The van der Waals surface area contributed by atoms with E-state index in [4.69, 9.17) is 12.2 Å². The van der Waals surface area contributed by atoms with E-state index < -0.39 is 9.84 Å². The summed E-state index contributed by atoms with van der Waals surface area (Å²) in [5.74, 6) is 0.0397. The number of carbonyl (C=O) groups is 1. The molecule has 1 aliphatic rings. The first-order valence-corrected chi connectivity index (χ1v) is 9.73. The van der Waals surface area contributed by atoms with Crippen molar-refractivity contribution in [2.45, 2.75) is 25.4 Å². The standard InChI is InChI=1S/C15H21N3O3S2/c19-14(18-13-7-9-23(20,21)11-13)6-8-16-15(22)17-10-12-4-2-1-3-5-12/h1-5,13H,6-11H2,(H,18,19)(H2,16,17,22). The van der Waals surface area contributed by atoms with E-state index in [9.17, 15) is 13.2 Å². The van der Waals surface area contributed by atoms with E-state index in [1.54, 1.807) is 0 Å². The molecule has 6 nitrogen and oxygen atoms in total. The summed E-state index contributed by atoms with van der Waals surface area (Å²) in [6.07, 6.45) is 0.752. The molecule has 0 spiro atoms. The first-order valence-electron chi connectivity index (χ1n) is 7.50. The quantitative estimate of drug-likeness (QED) is 0.638. The second-order valence-electron chi connectivity index (χ2n) is 5.51. The summed E-state index contributed by atoms with van der Waals surface area (Å²) in [6, 6.07) is 9.61. The third-order valence-electron chi connectivity index (χ3n) is 3.53. The Balaban J connectivity index is 1.59. The van der Waals surface area contributed by atoms with Crippen molar-refractivity contribution in [3.05, 3.63) is 35.9 Å². The molecule has 23 heavy (non-hydrogen) atoms. The van der Waals surface area contributed by atoms with Crippen molar-refractivity contribution in [3.8, 4) is 0 Å². The van der Waals surface area contributed by atoms with Gasteiger partial charge in [-0.15, -0.1) is 0 Å². The maximum Gasteiger partial charge on any atom is 0.222 e. The molecule has 1 atom stereocenters. The number of thiocarbonyl (C=S) groups is 1. The number of hydrogen-bond donors (Lipinski definition) is 3. The molecule has 1 saturated heterocycles.